The summed E-state index contributed by atoms with van der Waals surface area (Å²) in [4.78, 5) is 27.8. The van der Waals surface area contributed by atoms with Crippen LogP contribution in [0.3, 0.4) is 0 Å². The molecule has 0 fully saturated rings. The van der Waals surface area contributed by atoms with Gasteiger partial charge in [-0.25, -0.2) is 0 Å². The van der Waals surface area contributed by atoms with Crippen LogP contribution in [-0.4, -0.2) is 46.6 Å². The number of imide groups is 1. The third kappa shape index (κ3) is 4.19. The monoisotopic (exact) mass is 499 g/mol. The van der Waals surface area contributed by atoms with E-state index in [-0.39, 0.29) is 41.7 Å². The summed E-state index contributed by atoms with van der Waals surface area (Å²) in [7, 11) is 0. The van der Waals surface area contributed by atoms with Gasteiger partial charge in [-0.15, -0.1) is 0 Å². The van der Waals surface area contributed by atoms with Gasteiger partial charge in [0.05, 0.1) is 0 Å². The first-order chi connectivity index (χ1) is 13.7. The molecule has 0 bridgehead atoms. The summed E-state index contributed by atoms with van der Waals surface area (Å²) >= 11 is -0.378. The van der Waals surface area contributed by atoms with Crippen LogP contribution in [-0.2, 0) is 16.1 Å². The molecule has 0 spiro atoms. The van der Waals surface area contributed by atoms with Gasteiger partial charge in [0.1, 0.15) is 0 Å². The van der Waals surface area contributed by atoms with Gasteiger partial charge in [-0.1, -0.05) is 0 Å². The van der Waals surface area contributed by atoms with E-state index in [9.17, 15) is 9.59 Å². The predicted molar refractivity (Wildman–Crippen MR) is 113 cm³/mol. The molecule has 1 aliphatic heterocycles. The summed E-state index contributed by atoms with van der Waals surface area (Å²) in [5, 5.41) is 0. The van der Waals surface area contributed by atoms with Crippen LogP contribution in [0.1, 0.15) is 5.56 Å². The quantitative estimate of drug-likeness (QED) is 0.385. The Hall–Kier alpha value is -2.42. The van der Waals surface area contributed by atoms with E-state index in [1.54, 1.807) is 0 Å². The van der Waals surface area contributed by atoms with Gasteiger partial charge in [-0.2, -0.15) is 0 Å². The minimum absolute atomic E-state index is 0.134. The van der Waals surface area contributed by atoms with Crippen molar-refractivity contribution in [1.82, 2.24) is 4.90 Å². The molecule has 0 unspecified atom stereocenters. The van der Waals surface area contributed by atoms with Crippen LogP contribution in [0.15, 0.2) is 99.9 Å². The zero-order chi connectivity index (χ0) is 19.3. The Morgan fingerprint density at radius 2 is 0.964 bits per heavy atom. The zero-order valence-electron chi connectivity index (χ0n) is 14.9. The van der Waals surface area contributed by atoms with Crippen LogP contribution in [0.25, 0.3) is 0 Å². The molecule has 3 aromatic rings. The third-order valence-electron chi connectivity index (χ3n) is 4.19. The van der Waals surface area contributed by atoms with Crippen molar-refractivity contribution in [3.63, 3.8) is 0 Å². The molecule has 0 N–H and O–H groups in total. The molecule has 1 aliphatic rings. The van der Waals surface area contributed by atoms with Crippen LogP contribution >= 0.6 is 0 Å². The van der Waals surface area contributed by atoms with Crippen molar-refractivity contribution in [2.45, 2.75) is 6.54 Å². The molecule has 0 saturated heterocycles. The predicted octanol–water partition coefficient (Wildman–Crippen LogP) is 1.83. The summed E-state index contributed by atoms with van der Waals surface area (Å²) in [6.45, 7) is 0.321. The van der Waals surface area contributed by atoms with Gasteiger partial charge in [0.15, 0.2) is 0 Å². The summed E-state index contributed by atoms with van der Waals surface area (Å²) in [6.07, 6.45) is 0. The average molecular weight is 497 g/mol. The average Bonchev–Trinajstić information content (AvgIpc) is 2.95. The number of nitrogens with zero attached hydrogens (tertiary/aromatic N) is 1. The molecule has 3 nitrogen and oxygen atoms in total. The molecule has 138 valence electrons. The molecule has 28 heavy (non-hydrogen) atoms. The third-order valence-corrected chi connectivity index (χ3v) is 9.43. The van der Waals surface area contributed by atoms with Crippen molar-refractivity contribution in [2.24, 2.45) is 0 Å². The molecule has 2 amide bonds. The standard InChI is InChI=1S/C23H17NO2Se2/c25-22-20(27-18-12-6-2-7-13-18)21(28-19-14-8-3-9-15-19)23(26)24(22)16-17-10-4-1-5-11-17/h1-15H,16H2. The number of hydrogen-bond acceptors (Lipinski definition) is 2. The van der Waals surface area contributed by atoms with Crippen molar-refractivity contribution in [3.8, 4) is 0 Å². The fourth-order valence-electron chi connectivity index (χ4n) is 2.83. The van der Waals surface area contributed by atoms with Gasteiger partial charge in [0, 0.05) is 0 Å². The summed E-state index contributed by atoms with van der Waals surface area (Å²) in [6, 6.07) is 29.6. The summed E-state index contributed by atoms with van der Waals surface area (Å²) in [5.41, 5.74) is 0.962. The van der Waals surface area contributed by atoms with Crippen LogP contribution < -0.4 is 8.92 Å². The van der Waals surface area contributed by atoms with Gasteiger partial charge < -0.3 is 0 Å². The van der Waals surface area contributed by atoms with Crippen LogP contribution in [0.5, 0.6) is 0 Å². The number of rotatable bonds is 6. The molecule has 5 heteroatoms. The molecule has 0 atom stereocenters. The van der Waals surface area contributed by atoms with E-state index in [2.05, 4.69) is 0 Å². The van der Waals surface area contributed by atoms with Crippen molar-refractivity contribution < 1.29 is 9.59 Å². The first-order valence-electron chi connectivity index (χ1n) is 8.82. The molecule has 0 radical (unpaired) electrons. The van der Waals surface area contributed by atoms with Crippen molar-refractivity contribution >= 4 is 50.7 Å². The van der Waals surface area contributed by atoms with E-state index in [0.29, 0.717) is 15.5 Å². The Labute approximate surface area is 176 Å². The fourth-order valence-corrected chi connectivity index (χ4v) is 7.55. The Bertz CT molecular complexity index is 955. The topological polar surface area (TPSA) is 37.4 Å². The van der Waals surface area contributed by atoms with Gasteiger partial charge >= 0.3 is 177 Å². The van der Waals surface area contributed by atoms with E-state index in [0.717, 1.165) is 14.5 Å². The summed E-state index contributed by atoms with van der Waals surface area (Å²) in [5.74, 6) is -0.268. The molecule has 3 aromatic carbocycles. The number of carbonyl (C=O) groups is 2. The maximum absolute atomic E-state index is 13.2. The number of amides is 2. The number of carbonyl (C=O) groups excluding carboxylic acids is 2. The molecular formula is C23H17NO2Se2. The first-order valence-corrected chi connectivity index (χ1v) is 12.2. The Morgan fingerprint density at radius 1 is 0.571 bits per heavy atom. The van der Waals surface area contributed by atoms with Gasteiger partial charge in [-0.3, -0.25) is 0 Å². The first kappa shape index (κ1) is 18.9. The Balaban J connectivity index is 1.67. The van der Waals surface area contributed by atoms with E-state index in [1.807, 2.05) is 91.0 Å². The second-order valence-corrected chi connectivity index (χ2v) is 10.7. The molecule has 4 rings (SSSR count). The molecule has 0 saturated carbocycles. The van der Waals surface area contributed by atoms with Crippen molar-refractivity contribution in [3.05, 3.63) is 106 Å². The number of hydrogen-bond donors (Lipinski definition) is 0. The molecular weight excluding hydrogens is 480 g/mol. The second kappa shape index (κ2) is 8.72. The summed E-state index contributed by atoms with van der Waals surface area (Å²) < 4.78 is 3.61. The van der Waals surface area contributed by atoms with Gasteiger partial charge in [-0.05, 0) is 0 Å². The van der Waals surface area contributed by atoms with Crippen LogP contribution in [0, 0.1) is 0 Å². The van der Waals surface area contributed by atoms with Gasteiger partial charge in [0.2, 0.25) is 0 Å². The van der Waals surface area contributed by atoms with E-state index in [1.165, 1.54) is 4.90 Å². The van der Waals surface area contributed by atoms with Crippen LogP contribution in [0.4, 0.5) is 0 Å². The second-order valence-electron chi connectivity index (χ2n) is 6.17. The molecule has 0 aromatic heterocycles. The zero-order valence-corrected chi connectivity index (χ0v) is 18.4. The SMILES string of the molecule is O=C1C([Se]c2ccccc2)=C([Se]c2ccccc2)C(=O)N1Cc1ccccc1. The van der Waals surface area contributed by atoms with E-state index in [4.69, 9.17) is 0 Å². The molecule has 0 aliphatic carbocycles. The Morgan fingerprint density at radius 3 is 1.39 bits per heavy atom. The minimum atomic E-state index is -0.189. The van der Waals surface area contributed by atoms with E-state index < -0.39 is 0 Å². The van der Waals surface area contributed by atoms with Crippen LogP contribution in [0.2, 0.25) is 0 Å². The van der Waals surface area contributed by atoms with Gasteiger partial charge in [0.25, 0.3) is 0 Å². The fraction of sp³-hybridized carbons (Fsp3) is 0.0435. The molecule has 1 heterocycles. The van der Waals surface area contributed by atoms with Crippen molar-refractivity contribution in [2.75, 3.05) is 0 Å². The van der Waals surface area contributed by atoms with Crippen molar-refractivity contribution in [1.29, 1.82) is 0 Å². The Kier molecular flexibility index (Phi) is 5.89. The maximum atomic E-state index is 13.2. The normalized spacial score (nSPS) is 14.1. The van der Waals surface area contributed by atoms with E-state index >= 15 is 0 Å². The number of benzene rings is 3.